The first-order valence-corrected chi connectivity index (χ1v) is 9.46. The maximum absolute atomic E-state index is 12.6. The number of carbonyl (C=O) groups excluding carboxylic acids is 2. The number of anilines is 1. The van der Waals surface area contributed by atoms with Gasteiger partial charge in [-0.05, 0) is 31.5 Å². The summed E-state index contributed by atoms with van der Waals surface area (Å²) in [5.41, 5.74) is 3.23. The quantitative estimate of drug-likeness (QED) is 0.632. The van der Waals surface area contributed by atoms with Gasteiger partial charge >= 0.3 is 5.97 Å². The minimum absolute atomic E-state index is 0.154. The van der Waals surface area contributed by atoms with Crippen molar-refractivity contribution >= 4 is 17.6 Å². The fourth-order valence-corrected chi connectivity index (χ4v) is 3.28. The van der Waals surface area contributed by atoms with Gasteiger partial charge in [-0.25, -0.2) is 4.79 Å². The Bertz CT molecular complexity index is 1090. The maximum atomic E-state index is 12.6. The molecule has 1 aromatic heterocycles. The average molecular weight is 407 g/mol. The summed E-state index contributed by atoms with van der Waals surface area (Å²) < 4.78 is 17.5. The Kier molecular flexibility index (Phi) is 5.38. The predicted molar refractivity (Wildman–Crippen MR) is 109 cm³/mol. The second-order valence-electron chi connectivity index (χ2n) is 6.88. The molecule has 8 heteroatoms. The van der Waals surface area contributed by atoms with Crippen molar-refractivity contribution < 1.29 is 23.8 Å². The van der Waals surface area contributed by atoms with Gasteiger partial charge in [-0.2, -0.15) is 5.10 Å². The molecule has 0 fully saturated rings. The zero-order valence-corrected chi connectivity index (χ0v) is 16.7. The van der Waals surface area contributed by atoms with Gasteiger partial charge < -0.3 is 19.5 Å². The number of fused-ring (bicyclic) bond motifs is 1. The van der Waals surface area contributed by atoms with Crippen molar-refractivity contribution in [2.24, 2.45) is 0 Å². The van der Waals surface area contributed by atoms with Crippen LogP contribution in [0, 0.1) is 13.8 Å². The third-order valence-electron chi connectivity index (χ3n) is 4.75. The summed E-state index contributed by atoms with van der Waals surface area (Å²) in [5.74, 6) is 0.152. The molecule has 4 rings (SSSR count). The normalized spacial score (nSPS) is 11.9. The molecule has 0 unspecified atom stereocenters. The Labute approximate surface area is 173 Å². The monoisotopic (exact) mass is 407 g/mol. The van der Waals surface area contributed by atoms with Crippen LogP contribution in [0.15, 0.2) is 48.5 Å². The molecule has 0 aliphatic carbocycles. The summed E-state index contributed by atoms with van der Waals surface area (Å²) in [7, 11) is 0. The number of esters is 1. The number of hydrogen-bond acceptors (Lipinski definition) is 6. The molecule has 0 saturated carbocycles. The molecule has 0 bridgehead atoms. The Morgan fingerprint density at radius 2 is 1.87 bits per heavy atom. The van der Waals surface area contributed by atoms with E-state index in [-0.39, 0.29) is 6.79 Å². The van der Waals surface area contributed by atoms with E-state index in [1.54, 1.807) is 29.8 Å². The number of benzene rings is 2. The van der Waals surface area contributed by atoms with Crippen LogP contribution in [0.25, 0.3) is 0 Å². The molecule has 0 spiro atoms. The largest absolute Gasteiger partial charge is 0.454 e. The van der Waals surface area contributed by atoms with E-state index in [2.05, 4.69) is 10.4 Å². The lowest BCUT2D eigenvalue weighted by atomic mass is 10.2. The fraction of sp³-hybridized carbons (Fsp3) is 0.227. The summed E-state index contributed by atoms with van der Waals surface area (Å²) in [6, 6.07) is 14.9. The molecule has 0 saturated heterocycles. The molecule has 0 radical (unpaired) electrons. The molecule has 0 atom stereocenters. The molecule has 30 heavy (non-hydrogen) atoms. The molecule has 154 valence electrons. The molecular formula is C22H21N3O5. The van der Waals surface area contributed by atoms with Crippen molar-refractivity contribution in [3.05, 3.63) is 71.0 Å². The Morgan fingerprint density at radius 3 is 2.67 bits per heavy atom. The maximum Gasteiger partial charge on any atom is 0.342 e. The highest BCUT2D eigenvalue weighted by molar-refractivity contribution is 5.96. The third-order valence-corrected chi connectivity index (χ3v) is 4.75. The van der Waals surface area contributed by atoms with Crippen molar-refractivity contribution in [1.29, 1.82) is 0 Å². The topological polar surface area (TPSA) is 91.7 Å². The summed E-state index contributed by atoms with van der Waals surface area (Å²) in [4.78, 5) is 24.8. The van der Waals surface area contributed by atoms with Crippen LogP contribution >= 0.6 is 0 Å². The number of nitrogens with zero attached hydrogens (tertiary/aromatic N) is 2. The standard InChI is InChI=1S/C22H21N3O5/c1-14-21(15(2)25(24-14)11-16-6-4-3-5-7-16)22(27)28-12-20(26)23-17-8-9-18-19(10-17)30-13-29-18/h3-10H,11-13H2,1-2H3,(H,23,26). The molecule has 1 N–H and O–H groups in total. The summed E-state index contributed by atoms with van der Waals surface area (Å²) in [6.45, 7) is 3.85. The SMILES string of the molecule is Cc1nn(Cc2ccccc2)c(C)c1C(=O)OCC(=O)Nc1ccc2c(c1)OCO2. The van der Waals surface area contributed by atoms with E-state index in [0.29, 0.717) is 40.7 Å². The van der Waals surface area contributed by atoms with Crippen LogP contribution in [0.4, 0.5) is 5.69 Å². The molecule has 8 nitrogen and oxygen atoms in total. The molecule has 3 aromatic rings. The van der Waals surface area contributed by atoms with E-state index in [4.69, 9.17) is 14.2 Å². The predicted octanol–water partition coefficient (Wildman–Crippen LogP) is 3.07. The number of amides is 1. The lowest BCUT2D eigenvalue weighted by Crippen LogP contribution is -2.21. The number of aryl methyl sites for hydroxylation is 1. The van der Waals surface area contributed by atoms with Crippen LogP contribution in [-0.4, -0.2) is 35.1 Å². The minimum atomic E-state index is -0.579. The van der Waals surface area contributed by atoms with Crippen LogP contribution in [0.1, 0.15) is 27.3 Å². The smallest absolute Gasteiger partial charge is 0.342 e. The van der Waals surface area contributed by atoms with Crippen LogP contribution in [-0.2, 0) is 16.1 Å². The van der Waals surface area contributed by atoms with E-state index < -0.39 is 18.5 Å². The molecule has 1 aliphatic heterocycles. The van der Waals surface area contributed by atoms with Gasteiger partial charge in [0.25, 0.3) is 5.91 Å². The second kappa shape index (κ2) is 8.28. The number of aromatic nitrogens is 2. The Hall–Kier alpha value is -3.81. The van der Waals surface area contributed by atoms with Crippen LogP contribution in [0.5, 0.6) is 11.5 Å². The zero-order chi connectivity index (χ0) is 21.1. The molecule has 1 aliphatic rings. The number of rotatable bonds is 6. The molecule has 1 amide bonds. The first kappa shape index (κ1) is 19.5. The fourth-order valence-electron chi connectivity index (χ4n) is 3.28. The third kappa shape index (κ3) is 4.12. The average Bonchev–Trinajstić information content (AvgIpc) is 3.30. The number of carbonyl (C=O) groups is 2. The summed E-state index contributed by atoms with van der Waals surface area (Å²) >= 11 is 0. The van der Waals surface area contributed by atoms with Gasteiger partial charge in [-0.3, -0.25) is 9.48 Å². The van der Waals surface area contributed by atoms with Crippen LogP contribution in [0.2, 0.25) is 0 Å². The highest BCUT2D eigenvalue weighted by Gasteiger charge is 2.21. The first-order chi connectivity index (χ1) is 14.5. The lowest BCUT2D eigenvalue weighted by Gasteiger charge is -2.08. The minimum Gasteiger partial charge on any atom is -0.454 e. The summed E-state index contributed by atoms with van der Waals surface area (Å²) in [5, 5.41) is 7.12. The number of ether oxygens (including phenoxy) is 3. The van der Waals surface area contributed by atoms with Gasteiger partial charge in [0.05, 0.1) is 17.9 Å². The second-order valence-corrected chi connectivity index (χ2v) is 6.88. The van der Waals surface area contributed by atoms with Gasteiger partial charge in [0.15, 0.2) is 18.1 Å². The van der Waals surface area contributed by atoms with Crippen molar-refractivity contribution in [3.8, 4) is 11.5 Å². The highest BCUT2D eigenvalue weighted by atomic mass is 16.7. The first-order valence-electron chi connectivity index (χ1n) is 9.46. The zero-order valence-electron chi connectivity index (χ0n) is 16.7. The van der Waals surface area contributed by atoms with E-state index >= 15 is 0 Å². The van der Waals surface area contributed by atoms with Crippen molar-refractivity contribution in [2.75, 3.05) is 18.7 Å². The van der Waals surface area contributed by atoms with Gasteiger partial charge in [0.1, 0.15) is 5.56 Å². The summed E-state index contributed by atoms with van der Waals surface area (Å²) in [6.07, 6.45) is 0. The van der Waals surface area contributed by atoms with E-state index in [1.807, 2.05) is 37.3 Å². The van der Waals surface area contributed by atoms with E-state index in [1.165, 1.54) is 0 Å². The highest BCUT2D eigenvalue weighted by Crippen LogP contribution is 2.34. The molecule has 2 heterocycles. The van der Waals surface area contributed by atoms with Crippen LogP contribution in [0.3, 0.4) is 0 Å². The van der Waals surface area contributed by atoms with Crippen molar-refractivity contribution in [3.63, 3.8) is 0 Å². The van der Waals surface area contributed by atoms with Gasteiger partial charge in [-0.15, -0.1) is 0 Å². The van der Waals surface area contributed by atoms with Crippen molar-refractivity contribution in [1.82, 2.24) is 9.78 Å². The van der Waals surface area contributed by atoms with E-state index in [0.717, 1.165) is 5.56 Å². The molecule has 2 aromatic carbocycles. The van der Waals surface area contributed by atoms with E-state index in [9.17, 15) is 9.59 Å². The lowest BCUT2D eigenvalue weighted by molar-refractivity contribution is -0.119. The number of nitrogens with one attached hydrogen (secondary N) is 1. The number of hydrogen-bond donors (Lipinski definition) is 1. The Balaban J connectivity index is 1.37. The van der Waals surface area contributed by atoms with Gasteiger partial charge in [-0.1, -0.05) is 30.3 Å². The van der Waals surface area contributed by atoms with Crippen molar-refractivity contribution in [2.45, 2.75) is 20.4 Å². The van der Waals surface area contributed by atoms with Gasteiger partial charge in [0, 0.05) is 11.8 Å². The molecular weight excluding hydrogens is 386 g/mol. The van der Waals surface area contributed by atoms with Crippen LogP contribution < -0.4 is 14.8 Å². The van der Waals surface area contributed by atoms with Gasteiger partial charge in [0.2, 0.25) is 6.79 Å². The Morgan fingerprint density at radius 1 is 1.10 bits per heavy atom.